The Balaban J connectivity index is 1.21. The highest BCUT2D eigenvalue weighted by atomic mass is 127. The van der Waals surface area contributed by atoms with Crippen LogP contribution in [0.1, 0.15) is 74.8 Å². The van der Waals surface area contributed by atoms with Crippen molar-refractivity contribution in [2.75, 3.05) is 4.43 Å². The highest BCUT2D eigenvalue weighted by molar-refractivity contribution is 14.1. The Morgan fingerprint density at radius 3 is 2.32 bits per heavy atom. The Morgan fingerprint density at radius 1 is 0.929 bits per heavy atom. The van der Waals surface area contributed by atoms with Crippen LogP contribution in [-0.2, 0) is 20.9 Å². The molecule has 6 aliphatic rings. The molecule has 2 atom stereocenters. The number of alkyl halides is 1. The van der Waals surface area contributed by atoms with Crippen LogP contribution in [0, 0.1) is 23.7 Å². The first-order valence-corrected chi connectivity index (χ1v) is 12.9. The molecule has 1 aromatic rings. The fourth-order valence-corrected chi connectivity index (χ4v) is 7.95. The lowest BCUT2D eigenvalue weighted by molar-refractivity contribution is -0.390. The van der Waals surface area contributed by atoms with Gasteiger partial charge in [0.25, 0.3) is 0 Å². The fourth-order valence-electron chi connectivity index (χ4n) is 7.33. The summed E-state index contributed by atoms with van der Waals surface area (Å²) in [4.78, 5) is 12.4. The SMILES string of the molecule is ICCc1ccc(C2CCC[C@]3(C2)OOC2(O3)C3CC4CC(C3)CC2C4)cc1. The Kier molecular flexibility index (Phi) is 4.60. The Morgan fingerprint density at radius 2 is 1.64 bits per heavy atom. The Bertz CT molecular complexity index is 704. The summed E-state index contributed by atoms with van der Waals surface area (Å²) < 4.78 is 8.10. The minimum absolute atomic E-state index is 0.431. The maximum Gasteiger partial charge on any atom is 0.210 e. The first-order valence-electron chi connectivity index (χ1n) is 11.4. The Hall–Kier alpha value is -0.170. The van der Waals surface area contributed by atoms with E-state index in [0.717, 1.165) is 37.5 Å². The molecule has 1 unspecified atom stereocenters. The van der Waals surface area contributed by atoms with Gasteiger partial charge in [0.05, 0.1) is 0 Å². The van der Waals surface area contributed by atoms with Crippen molar-refractivity contribution in [2.24, 2.45) is 23.7 Å². The first-order chi connectivity index (χ1) is 13.7. The van der Waals surface area contributed by atoms with Crippen LogP contribution < -0.4 is 0 Å². The molecule has 152 valence electrons. The predicted octanol–water partition coefficient (Wildman–Crippen LogP) is 6.15. The summed E-state index contributed by atoms with van der Waals surface area (Å²) in [5, 5.41) is 0. The molecule has 1 saturated heterocycles. The maximum atomic E-state index is 6.92. The van der Waals surface area contributed by atoms with Crippen LogP contribution in [0.5, 0.6) is 0 Å². The van der Waals surface area contributed by atoms with E-state index in [4.69, 9.17) is 14.5 Å². The van der Waals surface area contributed by atoms with E-state index in [-0.39, 0.29) is 0 Å². The molecule has 0 aromatic heterocycles. The van der Waals surface area contributed by atoms with Gasteiger partial charge in [-0.05, 0) is 80.2 Å². The van der Waals surface area contributed by atoms with Gasteiger partial charge in [-0.25, -0.2) is 0 Å². The molecule has 0 radical (unpaired) electrons. The van der Waals surface area contributed by atoms with Crippen molar-refractivity contribution in [3.8, 4) is 0 Å². The number of aryl methyl sites for hydroxylation is 1. The van der Waals surface area contributed by atoms with Crippen LogP contribution in [0.3, 0.4) is 0 Å². The monoisotopic (exact) mass is 494 g/mol. The molecular formula is C24H31IO3. The second kappa shape index (κ2) is 6.93. The number of halogens is 1. The number of hydrogen-bond donors (Lipinski definition) is 0. The smallest absolute Gasteiger partial charge is 0.210 e. The zero-order valence-electron chi connectivity index (χ0n) is 16.6. The molecule has 2 spiro atoms. The van der Waals surface area contributed by atoms with Gasteiger partial charge in [0.1, 0.15) is 0 Å². The minimum atomic E-state index is -0.515. The van der Waals surface area contributed by atoms with E-state index < -0.39 is 11.6 Å². The molecule has 6 fully saturated rings. The van der Waals surface area contributed by atoms with E-state index in [1.54, 1.807) is 0 Å². The molecule has 0 N–H and O–H groups in total. The molecule has 5 saturated carbocycles. The van der Waals surface area contributed by atoms with Gasteiger partial charge in [-0.1, -0.05) is 46.9 Å². The van der Waals surface area contributed by atoms with Gasteiger partial charge < -0.3 is 4.74 Å². The van der Waals surface area contributed by atoms with Gasteiger partial charge >= 0.3 is 0 Å². The van der Waals surface area contributed by atoms with Gasteiger partial charge in [-0.15, -0.1) is 0 Å². The lowest BCUT2D eigenvalue weighted by Gasteiger charge is -2.57. The van der Waals surface area contributed by atoms with Gasteiger partial charge in [0.2, 0.25) is 11.6 Å². The number of hydrogen-bond acceptors (Lipinski definition) is 3. The van der Waals surface area contributed by atoms with Gasteiger partial charge in [-0.2, -0.15) is 9.78 Å². The molecule has 7 rings (SSSR count). The van der Waals surface area contributed by atoms with Crippen LogP contribution in [0.4, 0.5) is 0 Å². The average molecular weight is 494 g/mol. The lowest BCUT2D eigenvalue weighted by Crippen LogP contribution is -2.59. The summed E-state index contributed by atoms with van der Waals surface area (Å²) in [6, 6.07) is 9.28. The van der Waals surface area contributed by atoms with Crippen molar-refractivity contribution in [1.29, 1.82) is 0 Å². The van der Waals surface area contributed by atoms with Crippen LogP contribution in [0.15, 0.2) is 24.3 Å². The largest absolute Gasteiger partial charge is 0.312 e. The van der Waals surface area contributed by atoms with Crippen molar-refractivity contribution >= 4 is 22.6 Å². The van der Waals surface area contributed by atoms with Gasteiger partial charge in [-0.3, -0.25) is 0 Å². The second-order valence-corrected chi connectivity index (χ2v) is 11.3. The third kappa shape index (κ3) is 2.92. The fraction of sp³-hybridized carbons (Fsp3) is 0.750. The van der Waals surface area contributed by atoms with Crippen molar-refractivity contribution < 1.29 is 14.5 Å². The quantitative estimate of drug-likeness (QED) is 0.287. The van der Waals surface area contributed by atoms with E-state index in [1.807, 2.05) is 0 Å². The van der Waals surface area contributed by atoms with E-state index >= 15 is 0 Å². The van der Waals surface area contributed by atoms with Crippen molar-refractivity contribution in [2.45, 2.75) is 81.7 Å². The molecule has 4 bridgehead atoms. The zero-order valence-corrected chi connectivity index (χ0v) is 18.7. The molecule has 5 aliphatic carbocycles. The van der Waals surface area contributed by atoms with E-state index in [1.165, 1.54) is 54.1 Å². The summed E-state index contributed by atoms with van der Waals surface area (Å²) in [6.45, 7) is 0. The topological polar surface area (TPSA) is 27.7 Å². The number of ether oxygens (including phenoxy) is 1. The zero-order chi connectivity index (χ0) is 18.8. The molecule has 28 heavy (non-hydrogen) atoms. The lowest BCUT2D eigenvalue weighted by atomic mass is 9.53. The summed E-state index contributed by atoms with van der Waals surface area (Å²) in [7, 11) is 0. The third-order valence-corrected chi connectivity index (χ3v) is 8.99. The van der Waals surface area contributed by atoms with Crippen LogP contribution in [-0.4, -0.2) is 16.0 Å². The van der Waals surface area contributed by atoms with Crippen molar-refractivity contribution in [3.63, 3.8) is 0 Å². The molecule has 4 heteroatoms. The van der Waals surface area contributed by atoms with Crippen LogP contribution in [0.2, 0.25) is 0 Å². The minimum Gasteiger partial charge on any atom is -0.312 e. The number of benzene rings is 1. The molecule has 1 aromatic carbocycles. The third-order valence-electron chi connectivity index (χ3n) is 8.45. The molecule has 1 aliphatic heterocycles. The van der Waals surface area contributed by atoms with E-state index in [0.29, 0.717) is 17.8 Å². The maximum absolute atomic E-state index is 6.92. The number of rotatable bonds is 3. The summed E-state index contributed by atoms with van der Waals surface area (Å²) >= 11 is 2.45. The van der Waals surface area contributed by atoms with Gasteiger partial charge in [0.15, 0.2) is 0 Å². The van der Waals surface area contributed by atoms with E-state index in [9.17, 15) is 0 Å². The Labute approximate surface area is 182 Å². The molecule has 3 nitrogen and oxygen atoms in total. The summed E-state index contributed by atoms with van der Waals surface area (Å²) in [5.41, 5.74) is 2.88. The standard InChI is InChI=1S/C24H31IO3/c25-9-7-16-3-5-19(6-4-16)20-2-1-8-23(15-20)26-24(28-27-23)21-11-17-10-18(13-21)14-22(24)12-17/h3-6,17-18,20-22H,1-2,7-15H2/t17?,18?,20?,21?,22?,23-,24?/m1/s1. The summed E-state index contributed by atoms with van der Waals surface area (Å²) in [5.74, 6) is 2.50. The normalized spacial score (nSPS) is 46.7. The van der Waals surface area contributed by atoms with Crippen LogP contribution in [0.25, 0.3) is 0 Å². The second-order valence-electron chi connectivity index (χ2n) is 10.2. The average Bonchev–Trinajstić information content (AvgIpc) is 3.06. The molecular weight excluding hydrogens is 463 g/mol. The van der Waals surface area contributed by atoms with E-state index in [2.05, 4.69) is 46.9 Å². The van der Waals surface area contributed by atoms with Gasteiger partial charge in [0, 0.05) is 29.1 Å². The van der Waals surface area contributed by atoms with Crippen LogP contribution >= 0.6 is 22.6 Å². The van der Waals surface area contributed by atoms with Crippen molar-refractivity contribution in [3.05, 3.63) is 35.4 Å². The predicted molar refractivity (Wildman–Crippen MR) is 116 cm³/mol. The molecule has 0 amide bonds. The highest BCUT2D eigenvalue weighted by Gasteiger charge is 2.66. The highest BCUT2D eigenvalue weighted by Crippen LogP contribution is 2.64. The molecule has 1 heterocycles. The summed E-state index contributed by atoms with van der Waals surface area (Å²) in [6.07, 6.45) is 12.0. The van der Waals surface area contributed by atoms with Crippen molar-refractivity contribution in [1.82, 2.24) is 0 Å². The first kappa shape index (κ1) is 18.6.